The fourth-order valence-corrected chi connectivity index (χ4v) is 11.5. The number of para-hydroxylation sites is 2. The van der Waals surface area contributed by atoms with Gasteiger partial charge >= 0.3 is 0 Å². The molecule has 1 aromatic heterocycles. The highest BCUT2D eigenvalue weighted by Crippen LogP contribution is 2.46. The largest absolute Gasteiger partial charge is 0.310 e. The molecule has 0 N–H and O–H groups in total. The van der Waals surface area contributed by atoms with Gasteiger partial charge in [-0.05, 0) is 156 Å². The molecule has 1 heterocycles. The Hall–Kier alpha value is -10.0. The van der Waals surface area contributed by atoms with Crippen molar-refractivity contribution in [2.45, 2.75) is 0 Å². The average Bonchev–Trinajstić information content (AvgIpc) is 3.89. The van der Waals surface area contributed by atoms with E-state index in [1.807, 2.05) is 0 Å². The minimum Gasteiger partial charge on any atom is -0.310 e. The van der Waals surface area contributed by atoms with Crippen LogP contribution in [0.1, 0.15) is 0 Å². The Balaban J connectivity index is 0.974. The van der Waals surface area contributed by atoms with Crippen LogP contribution in [0.2, 0.25) is 0 Å². The summed E-state index contributed by atoms with van der Waals surface area (Å²) in [6, 6.07) is 111. The number of rotatable bonds is 10. The van der Waals surface area contributed by atoms with Gasteiger partial charge in [-0.1, -0.05) is 231 Å². The van der Waals surface area contributed by atoms with E-state index in [1.165, 1.54) is 87.9 Å². The summed E-state index contributed by atoms with van der Waals surface area (Å²) < 4.78 is 2.44. The first-order chi connectivity index (χ1) is 37.7. The number of nitrogens with zero attached hydrogens (tertiary/aromatic N) is 2. The number of hydrogen-bond donors (Lipinski definition) is 0. The fraction of sp³-hybridized carbons (Fsp3) is 0. The zero-order valence-electron chi connectivity index (χ0n) is 41.8. The van der Waals surface area contributed by atoms with E-state index in [-0.39, 0.29) is 0 Å². The van der Waals surface area contributed by atoms with Crippen LogP contribution in [0.3, 0.4) is 0 Å². The molecule has 0 spiro atoms. The molecule has 0 aliphatic carbocycles. The number of hydrogen-bond acceptors (Lipinski definition) is 1. The molecule has 0 aliphatic rings. The van der Waals surface area contributed by atoms with Gasteiger partial charge in [-0.2, -0.15) is 0 Å². The lowest BCUT2D eigenvalue weighted by Gasteiger charge is -2.28. The van der Waals surface area contributed by atoms with Gasteiger partial charge in [0.1, 0.15) is 0 Å². The van der Waals surface area contributed by atoms with E-state index >= 15 is 0 Å². The maximum Gasteiger partial charge on any atom is 0.0541 e. The van der Waals surface area contributed by atoms with Crippen LogP contribution in [-0.4, -0.2) is 4.57 Å². The summed E-state index contributed by atoms with van der Waals surface area (Å²) in [5.41, 5.74) is 20.7. The van der Waals surface area contributed by atoms with Crippen molar-refractivity contribution in [2.75, 3.05) is 4.90 Å². The Labute approximate surface area is 443 Å². The molecule has 0 fully saturated rings. The van der Waals surface area contributed by atoms with Gasteiger partial charge in [-0.15, -0.1) is 0 Å². The second-order valence-corrected chi connectivity index (χ2v) is 19.7. The highest BCUT2D eigenvalue weighted by molar-refractivity contribution is 6.10. The lowest BCUT2D eigenvalue weighted by molar-refractivity contribution is 1.18. The van der Waals surface area contributed by atoms with Gasteiger partial charge in [-0.3, -0.25) is 0 Å². The molecule has 14 aromatic rings. The van der Waals surface area contributed by atoms with Gasteiger partial charge in [0.2, 0.25) is 0 Å². The van der Waals surface area contributed by atoms with Gasteiger partial charge in [0.05, 0.1) is 16.7 Å². The maximum absolute atomic E-state index is 2.44. The van der Waals surface area contributed by atoms with Crippen molar-refractivity contribution in [1.82, 2.24) is 4.57 Å². The van der Waals surface area contributed by atoms with E-state index in [0.29, 0.717) is 0 Å². The third-order valence-corrected chi connectivity index (χ3v) is 15.2. The van der Waals surface area contributed by atoms with Crippen LogP contribution in [-0.2, 0) is 0 Å². The van der Waals surface area contributed by atoms with Crippen LogP contribution in [0.15, 0.2) is 303 Å². The molecule has 0 saturated carbocycles. The van der Waals surface area contributed by atoms with E-state index in [1.54, 1.807) is 0 Å². The van der Waals surface area contributed by atoms with E-state index < -0.39 is 0 Å². The summed E-state index contributed by atoms with van der Waals surface area (Å²) >= 11 is 0. The molecule has 14 rings (SSSR count). The van der Waals surface area contributed by atoms with Crippen LogP contribution >= 0.6 is 0 Å². The summed E-state index contributed by atoms with van der Waals surface area (Å²) in [7, 11) is 0. The van der Waals surface area contributed by atoms with Crippen LogP contribution in [0.5, 0.6) is 0 Å². The minimum atomic E-state index is 1.05. The van der Waals surface area contributed by atoms with E-state index in [0.717, 1.165) is 45.0 Å². The normalized spacial score (nSPS) is 11.4. The van der Waals surface area contributed by atoms with E-state index in [4.69, 9.17) is 0 Å². The number of benzene rings is 13. The van der Waals surface area contributed by atoms with Crippen LogP contribution in [0.25, 0.3) is 116 Å². The first-order valence-corrected chi connectivity index (χ1v) is 26.1. The van der Waals surface area contributed by atoms with Gasteiger partial charge in [0.15, 0.2) is 0 Å². The smallest absolute Gasteiger partial charge is 0.0541 e. The topological polar surface area (TPSA) is 8.17 Å². The Kier molecular flexibility index (Phi) is 11.2. The lowest BCUT2D eigenvalue weighted by Crippen LogP contribution is -2.11. The highest BCUT2D eigenvalue weighted by Gasteiger charge is 2.21. The van der Waals surface area contributed by atoms with E-state index in [2.05, 4.69) is 313 Å². The second kappa shape index (κ2) is 19.1. The molecule has 0 bridgehead atoms. The Morgan fingerprint density at radius 1 is 0.211 bits per heavy atom. The summed E-state index contributed by atoms with van der Waals surface area (Å²) in [6.45, 7) is 0. The van der Waals surface area contributed by atoms with Crippen molar-refractivity contribution >= 4 is 60.4 Å². The first kappa shape index (κ1) is 44.7. The number of anilines is 3. The standard InChI is InChI=1S/C74H50N2/c1-4-18-51(19-5-1)59-38-45-74(76-72-30-16-14-28-67(72)68-29-15-17-31-73(68)76)71(48-59)56-36-39-62(40-37-56)75(63-41-43-65(69(49-63)54-22-6-2-7-23-54)60-34-32-52-20-10-12-26-57(52)46-60)64-42-44-66(70(50-64)55-24-8-3-9-25-55)61-35-33-53-21-11-13-27-58(53)47-61/h1-50H. The molecule has 2 nitrogen and oxygen atoms in total. The molecule has 76 heavy (non-hydrogen) atoms. The molecule has 2 heteroatoms. The van der Waals surface area contributed by atoms with Crippen LogP contribution in [0.4, 0.5) is 17.1 Å². The monoisotopic (exact) mass is 966 g/mol. The molecular formula is C74H50N2. The molecular weight excluding hydrogens is 917 g/mol. The van der Waals surface area contributed by atoms with Crippen molar-refractivity contribution in [2.24, 2.45) is 0 Å². The SMILES string of the molecule is c1ccc(-c2ccc(-n3c4ccccc4c4ccccc43)c(-c3ccc(N(c4ccc(-c5ccc6ccccc6c5)c(-c5ccccc5)c4)c4ccc(-c5ccc6ccccc6c5)c(-c5ccccc5)c4)cc3)c2)cc1. The Morgan fingerprint density at radius 3 is 1.12 bits per heavy atom. The van der Waals surface area contributed by atoms with Gasteiger partial charge in [-0.25, -0.2) is 0 Å². The second-order valence-electron chi connectivity index (χ2n) is 19.7. The zero-order valence-corrected chi connectivity index (χ0v) is 41.8. The van der Waals surface area contributed by atoms with Gasteiger partial charge in [0, 0.05) is 33.4 Å². The average molecular weight is 967 g/mol. The molecule has 0 unspecified atom stereocenters. The molecule has 356 valence electrons. The quantitative estimate of drug-likeness (QED) is 0.133. The molecule has 0 radical (unpaired) electrons. The van der Waals surface area contributed by atoms with Gasteiger partial charge in [0.25, 0.3) is 0 Å². The van der Waals surface area contributed by atoms with Crippen LogP contribution < -0.4 is 4.90 Å². The summed E-state index contributed by atoms with van der Waals surface area (Å²) in [5, 5.41) is 7.39. The van der Waals surface area contributed by atoms with Crippen LogP contribution in [0, 0.1) is 0 Å². The molecule has 0 atom stereocenters. The third-order valence-electron chi connectivity index (χ3n) is 15.2. The molecule has 0 saturated heterocycles. The van der Waals surface area contributed by atoms with E-state index in [9.17, 15) is 0 Å². The van der Waals surface area contributed by atoms with Crippen molar-refractivity contribution in [3.63, 3.8) is 0 Å². The predicted octanol–water partition coefficient (Wildman–Crippen LogP) is 20.6. The number of aromatic nitrogens is 1. The molecule has 0 amide bonds. The minimum absolute atomic E-state index is 1.05. The maximum atomic E-state index is 2.44. The third kappa shape index (κ3) is 8.10. The Morgan fingerprint density at radius 2 is 0.605 bits per heavy atom. The van der Waals surface area contributed by atoms with Gasteiger partial charge < -0.3 is 9.47 Å². The van der Waals surface area contributed by atoms with Crippen molar-refractivity contribution < 1.29 is 0 Å². The van der Waals surface area contributed by atoms with Crippen molar-refractivity contribution in [1.29, 1.82) is 0 Å². The predicted molar refractivity (Wildman–Crippen MR) is 323 cm³/mol. The number of fused-ring (bicyclic) bond motifs is 5. The first-order valence-electron chi connectivity index (χ1n) is 26.1. The fourth-order valence-electron chi connectivity index (χ4n) is 11.5. The van der Waals surface area contributed by atoms with Crippen molar-refractivity contribution in [3.05, 3.63) is 303 Å². The molecule has 0 aliphatic heterocycles. The zero-order chi connectivity index (χ0) is 50.4. The Bertz CT molecular complexity index is 4220. The summed E-state index contributed by atoms with van der Waals surface area (Å²) in [5.74, 6) is 0. The molecule has 13 aromatic carbocycles. The highest BCUT2D eigenvalue weighted by atomic mass is 15.1. The summed E-state index contributed by atoms with van der Waals surface area (Å²) in [6.07, 6.45) is 0. The lowest BCUT2D eigenvalue weighted by atomic mass is 9.91. The summed E-state index contributed by atoms with van der Waals surface area (Å²) in [4.78, 5) is 2.44. The van der Waals surface area contributed by atoms with Crippen molar-refractivity contribution in [3.8, 4) is 72.4 Å².